The summed E-state index contributed by atoms with van der Waals surface area (Å²) in [5.41, 5.74) is 0. The summed E-state index contributed by atoms with van der Waals surface area (Å²) in [4.78, 5) is 0. The predicted octanol–water partition coefficient (Wildman–Crippen LogP) is 1.89. The normalized spacial score (nSPS) is 9.27. The van der Waals surface area contributed by atoms with Gasteiger partial charge in [0.1, 0.15) is 11.5 Å². The molecule has 1 radical (unpaired) electrons. The molecule has 2 heteroatoms. The molecule has 0 aliphatic carbocycles. The molecule has 0 bridgehead atoms. The third-order valence-electron chi connectivity index (χ3n) is 1.29. The number of ether oxygens (including phenoxy) is 2. The molecule has 0 amide bonds. The Hall–Kier alpha value is -1.18. The maximum absolute atomic E-state index is 5.19. The molecule has 0 aliphatic rings. The Kier molecular flexibility index (Phi) is 2.78. The molecule has 0 heterocycles. The Bertz CT molecular complexity index is 203. The highest BCUT2D eigenvalue weighted by molar-refractivity contribution is 5.29. The Morgan fingerprint density at radius 2 is 2.27 bits per heavy atom. The van der Waals surface area contributed by atoms with Crippen LogP contribution in [0.1, 0.15) is 6.92 Å². The van der Waals surface area contributed by atoms with E-state index in [2.05, 4.69) is 6.07 Å². The second-order valence-corrected chi connectivity index (χ2v) is 2.03. The van der Waals surface area contributed by atoms with E-state index < -0.39 is 0 Å². The van der Waals surface area contributed by atoms with E-state index in [-0.39, 0.29) is 0 Å². The first-order valence-electron chi connectivity index (χ1n) is 3.55. The standard InChI is InChI=1S/C9H11O2/c1-3-11-9-6-4-8(10-2)5-7-9/h4-6H,3H2,1-2H3. The molecule has 1 rings (SSSR count). The minimum atomic E-state index is 0.669. The lowest BCUT2D eigenvalue weighted by molar-refractivity contribution is 0.338. The van der Waals surface area contributed by atoms with Crippen molar-refractivity contribution in [1.29, 1.82) is 0 Å². The lowest BCUT2D eigenvalue weighted by Crippen LogP contribution is -1.91. The molecule has 0 fully saturated rings. The molecular weight excluding hydrogens is 140 g/mol. The van der Waals surface area contributed by atoms with E-state index in [1.54, 1.807) is 13.2 Å². The van der Waals surface area contributed by atoms with E-state index in [1.165, 1.54) is 0 Å². The Labute approximate surface area is 66.8 Å². The molecule has 0 aromatic heterocycles. The number of hydrogen-bond acceptors (Lipinski definition) is 2. The van der Waals surface area contributed by atoms with E-state index in [0.717, 1.165) is 11.5 Å². The van der Waals surface area contributed by atoms with Gasteiger partial charge >= 0.3 is 0 Å². The van der Waals surface area contributed by atoms with Gasteiger partial charge in [-0.2, -0.15) is 0 Å². The average molecular weight is 151 g/mol. The van der Waals surface area contributed by atoms with Gasteiger partial charge in [0.15, 0.2) is 0 Å². The Morgan fingerprint density at radius 3 is 2.73 bits per heavy atom. The van der Waals surface area contributed by atoms with Crippen LogP contribution >= 0.6 is 0 Å². The average Bonchev–Trinajstić information content (AvgIpc) is 2.07. The van der Waals surface area contributed by atoms with Crippen molar-refractivity contribution in [3.63, 3.8) is 0 Å². The second-order valence-electron chi connectivity index (χ2n) is 2.03. The maximum Gasteiger partial charge on any atom is 0.127 e. The van der Waals surface area contributed by atoms with Gasteiger partial charge < -0.3 is 9.47 Å². The second kappa shape index (κ2) is 3.86. The minimum Gasteiger partial charge on any atom is -0.497 e. The van der Waals surface area contributed by atoms with Gasteiger partial charge in [-0.15, -0.1) is 0 Å². The molecule has 11 heavy (non-hydrogen) atoms. The summed E-state index contributed by atoms with van der Waals surface area (Å²) in [7, 11) is 1.63. The monoisotopic (exact) mass is 151 g/mol. The first-order chi connectivity index (χ1) is 5.36. The highest BCUT2D eigenvalue weighted by Crippen LogP contribution is 2.15. The third kappa shape index (κ3) is 2.15. The van der Waals surface area contributed by atoms with E-state index >= 15 is 0 Å². The zero-order valence-corrected chi connectivity index (χ0v) is 6.76. The van der Waals surface area contributed by atoms with Crippen LogP contribution in [-0.2, 0) is 0 Å². The van der Waals surface area contributed by atoms with Crippen LogP contribution in [0.2, 0.25) is 0 Å². The first kappa shape index (κ1) is 7.92. The molecular formula is C9H11O2. The fraction of sp³-hybridized carbons (Fsp3) is 0.333. The van der Waals surface area contributed by atoms with Crippen LogP contribution in [0, 0.1) is 6.07 Å². The highest BCUT2D eigenvalue weighted by atomic mass is 16.5. The highest BCUT2D eigenvalue weighted by Gasteiger charge is 1.92. The molecule has 0 atom stereocenters. The van der Waals surface area contributed by atoms with Crippen LogP contribution < -0.4 is 9.47 Å². The molecule has 0 unspecified atom stereocenters. The van der Waals surface area contributed by atoms with Gasteiger partial charge in [-0.1, -0.05) is 0 Å². The largest absolute Gasteiger partial charge is 0.497 e. The lowest BCUT2D eigenvalue weighted by Gasteiger charge is -2.02. The summed E-state index contributed by atoms with van der Waals surface area (Å²) < 4.78 is 10.2. The van der Waals surface area contributed by atoms with Crippen LogP contribution in [0.3, 0.4) is 0 Å². The Balaban J connectivity index is 2.66. The Morgan fingerprint density at radius 1 is 1.45 bits per heavy atom. The van der Waals surface area contributed by atoms with E-state index in [4.69, 9.17) is 9.47 Å². The van der Waals surface area contributed by atoms with Crippen LogP contribution in [0.25, 0.3) is 0 Å². The quantitative estimate of drug-likeness (QED) is 0.656. The summed E-state index contributed by atoms with van der Waals surface area (Å²) >= 11 is 0. The van der Waals surface area contributed by atoms with Crippen molar-refractivity contribution in [2.24, 2.45) is 0 Å². The number of benzene rings is 1. The molecule has 0 saturated carbocycles. The fourth-order valence-electron chi connectivity index (χ4n) is 0.769. The fourth-order valence-corrected chi connectivity index (χ4v) is 0.769. The molecule has 0 aliphatic heterocycles. The summed E-state index contributed by atoms with van der Waals surface area (Å²) in [5, 5.41) is 0. The van der Waals surface area contributed by atoms with Crippen LogP contribution in [0.4, 0.5) is 0 Å². The zero-order valence-electron chi connectivity index (χ0n) is 6.76. The van der Waals surface area contributed by atoms with E-state index in [1.807, 2.05) is 19.1 Å². The van der Waals surface area contributed by atoms with Crippen molar-refractivity contribution in [2.45, 2.75) is 6.92 Å². The van der Waals surface area contributed by atoms with Crippen molar-refractivity contribution >= 4 is 0 Å². The maximum atomic E-state index is 5.19. The van der Waals surface area contributed by atoms with Gasteiger partial charge in [-0.3, -0.25) is 0 Å². The van der Waals surface area contributed by atoms with Crippen molar-refractivity contribution < 1.29 is 9.47 Å². The van der Waals surface area contributed by atoms with Crippen molar-refractivity contribution in [2.75, 3.05) is 13.7 Å². The van der Waals surface area contributed by atoms with Crippen molar-refractivity contribution in [3.8, 4) is 11.5 Å². The van der Waals surface area contributed by atoms with Gasteiger partial charge in [-0.25, -0.2) is 0 Å². The molecule has 1 aromatic carbocycles. The summed E-state index contributed by atoms with van der Waals surface area (Å²) in [6.45, 7) is 2.61. The molecule has 1 aromatic rings. The predicted molar refractivity (Wildman–Crippen MR) is 43.0 cm³/mol. The van der Waals surface area contributed by atoms with E-state index in [9.17, 15) is 0 Å². The van der Waals surface area contributed by atoms with E-state index in [0.29, 0.717) is 6.61 Å². The summed E-state index contributed by atoms with van der Waals surface area (Å²) in [6.07, 6.45) is 0. The van der Waals surface area contributed by atoms with Crippen LogP contribution in [0.5, 0.6) is 11.5 Å². The zero-order chi connectivity index (χ0) is 8.10. The number of rotatable bonds is 3. The van der Waals surface area contributed by atoms with Crippen molar-refractivity contribution in [1.82, 2.24) is 0 Å². The van der Waals surface area contributed by atoms with Crippen LogP contribution in [0.15, 0.2) is 18.2 Å². The van der Waals surface area contributed by atoms with Gasteiger partial charge in [0, 0.05) is 6.07 Å². The van der Waals surface area contributed by atoms with Gasteiger partial charge in [0.2, 0.25) is 0 Å². The molecule has 0 spiro atoms. The summed E-state index contributed by atoms with van der Waals surface area (Å²) in [6, 6.07) is 8.38. The molecule has 0 N–H and O–H groups in total. The summed E-state index contributed by atoms with van der Waals surface area (Å²) in [5.74, 6) is 1.56. The topological polar surface area (TPSA) is 18.5 Å². The first-order valence-corrected chi connectivity index (χ1v) is 3.55. The smallest absolute Gasteiger partial charge is 0.127 e. The molecule has 2 nitrogen and oxygen atoms in total. The van der Waals surface area contributed by atoms with Gasteiger partial charge in [0.05, 0.1) is 13.7 Å². The third-order valence-corrected chi connectivity index (χ3v) is 1.29. The molecule has 59 valence electrons. The number of methoxy groups -OCH3 is 1. The molecule has 0 saturated heterocycles. The SMILES string of the molecule is CCOc1[c]cc(OC)cc1. The minimum absolute atomic E-state index is 0.669. The van der Waals surface area contributed by atoms with Crippen LogP contribution in [-0.4, -0.2) is 13.7 Å². The van der Waals surface area contributed by atoms with Gasteiger partial charge in [0.25, 0.3) is 0 Å². The van der Waals surface area contributed by atoms with Gasteiger partial charge in [-0.05, 0) is 25.1 Å². The lowest BCUT2D eigenvalue weighted by atomic mass is 10.3. The number of hydrogen-bond donors (Lipinski definition) is 0. The van der Waals surface area contributed by atoms with Crippen molar-refractivity contribution in [3.05, 3.63) is 24.3 Å².